The topological polar surface area (TPSA) is 130 Å². The van der Waals surface area contributed by atoms with Crippen LogP contribution in [-0.2, 0) is 13.1 Å². The molecule has 0 radical (unpaired) electrons. The third-order valence-electron chi connectivity index (χ3n) is 4.95. The molecule has 0 fully saturated rings. The lowest BCUT2D eigenvalue weighted by atomic mass is 10.1. The molecule has 0 aromatic heterocycles. The molecule has 33 heavy (non-hydrogen) atoms. The molecule has 0 saturated heterocycles. The predicted molar refractivity (Wildman–Crippen MR) is 124 cm³/mol. The summed E-state index contributed by atoms with van der Waals surface area (Å²) in [5.74, 6) is -1.44. The fourth-order valence-electron chi connectivity index (χ4n) is 3.10. The van der Waals surface area contributed by atoms with Crippen LogP contribution in [0.1, 0.15) is 52.6 Å². The highest BCUT2D eigenvalue weighted by Gasteiger charge is 2.10. The van der Waals surface area contributed by atoms with Crippen molar-refractivity contribution >= 4 is 23.6 Å². The van der Waals surface area contributed by atoms with Crippen LogP contribution in [0.5, 0.6) is 0 Å². The summed E-state index contributed by atoms with van der Waals surface area (Å²) in [6.45, 7) is 0.619. The highest BCUT2D eigenvalue weighted by atomic mass is 16.2. The summed E-state index contributed by atoms with van der Waals surface area (Å²) >= 11 is 0. The molecular formula is C25H24N4O4. The molecule has 168 valence electrons. The number of carbonyl (C=O) groups is 4. The smallest absolute Gasteiger partial charge is 0.251 e. The molecule has 0 saturated carbocycles. The number of nitrogens with one attached hydrogen (secondary N) is 3. The number of carbonyl (C=O) groups excluding carboxylic acids is 4. The van der Waals surface area contributed by atoms with Crippen molar-refractivity contribution in [2.75, 3.05) is 7.05 Å². The summed E-state index contributed by atoms with van der Waals surface area (Å²) in [5, 5.41) is 8.15. The Morgan fingerprint density at radius 2 is 1.03 bits per heavy atom. The number of amides is 4. The van der Waals surface area contributed by atoms with Crippen molar-refractivity contribution in [3.63, 3.8) is 0 Å². The van der Waals surface area contributed by atoms with Crippen LogP contribution in [0.25, 0.3) is 0 Å². The number of rotatable bonds is 8. The summed E-state index contributed by atoms with van der Waals surface area (Å²) < 4.78 is 0. The summed E-state index contributed by atoms with van der Waals surface area (Å²) in [5.41, 5.74) is 8.45. The number of nitrogens with two attached hydrogens (primary N) is 1. The number of primary amides is 1. The maximum Gasteiger partial charge on any atom is 0.251 e. The second-order valence-corrected chi connectivity index (χ2v) is 7.29. The molecule has 8 heteroatoms. The van der Waals surface area contributed by atoms with Crippen molar-refractivity contribution in [1.29, 1.82) is 0 Å². The zero-order valence-corrected chi connectivity index (χ0v) is 18.1. The van der Waals surface area contributed by atoms with Gasteiger partial charge in [0.25, 0.3) is 17.7 Å². The molecule has 5 N–H and O–H groups in total. The van der Waals surface area contributed by atoms with E-state index in [2.05, 4.69) is 16.0 Å². The third kappa shape index (κ3) is 6.27. The van der Waals surface area contributed by atoms with Gasteiger partial charge in [0.1, 0.15) is 0 Å². The van der Waals surface area contributed by atoms with Crippen molar-refractivity contribution in [2.24, 2.45) is 5.73 Å². The highest BCUT2D eigenvalue weighted by Crippen LogP contribution is 2.09. The summed E-state index contributed by atoms with van der Waals surface area (Å²) in [4.78, 5) is 47.7. The molecule has 0 aliphatic heterocycles. The van der Waals surface area contributed by atoms with E-state index in [0.29, 0.717) is 29.8 Å². The van der Waals surface area contributed by atoms with Gasteiger partial charge in [0, 0.05) is 42.4 Å². The van der Waals surface area contributed by atoms with Crippen LogP contribution in [-0.4, -0.2) is 30.7 Å². The molecule has 0 heterocycles. The van der Waals surface area contributed by atoms with E-state index in [1.807, 2.05) is 24.3 Å². The first-order valence-corrected chi connectivity index (χ1v) is 10.2. The van der Waals surface area contributed by atoms with Crippen molar-refractivity contribution in [3.05, 3.63) is 106 Å². The highest BCUT2D eigenvalue weighted by molar-refractivity contribution is 6.00. The molecule has 3 aromatic carbocycles. The average Bonchev–Trinajstić information content (AvgIpc) is 2.86. The zero-order chi connectivity index (χ0) is 23.8. The third-order valence-corrected chi connectivity index (χ3v) is 4.95. The summed E-state index contributed by atoms with van der Waals surface area (Å²) in [7, 11) is 1.53. The lowest BCUT2D eigenvalue weighted by Crippen LogP contribution is -2.24. The SMILES string of the molecule is CNC(=O)c1cccc(C(=O)NCc2ccc(CNC(=O)c3cccc(C(N)=O)c3)cc2)c1. The standard InChI is InChI=1S/C25H24N4O4/c1-27-23(31)19-5-3-7-21(13-19)25(33)29-15-17-10-8-16(9-11-17)14-28-24(32)20-6-2-4-18(12-20)22(26)30/h2-13H,14-15H2,1H3,(H2,26,30)(H,27,31)(H,28,32)(H,29,33). The van der Waals surface area contributed by atoms with Crippen molar-refractivity contribution < 1.29 is 19.2 Å². The Bertz CT molecular complexity index is 1190. The van der Waals surface area contributed by atoms with Crippen molar-refractivity contribution in [1.82, 2.24) is 16.0 Å². The zero-order valence-electron chi connectivity index (χ0n) is 18.1. The van der Waals surface area contributed by atoms with Crippen LogP contribution >= 0.6 is 0 Å². The van der Waals surface area contributed by atoms with Gasteiger partial charge in [0.05, 0.1) is 0 Å². The number of hydrogen-bond donors (Lipinski definition) is 4. The quantitative estimate of drug-likeness (QED) is 0.423. The van der Waals surface area contributed by atoms with Crippen LogP contribution < -0.4 is 21.7 Å². The molecule has 3 rings (SSSR count). The molecule has 0 aliphatic carbocycles. The monoisotopic (exact) mass is 444 g/mol. The first-order valence-electron chi connectivity index (χ1n) is 10.2. The number of benzene rings is 3. The maximum atomic E-state index is 12.4. The van der Waals surface area contributed by atoms with E-state index >= 15 is 0 Å². The van der Waals surface area contributed by atoms with Crippen molar-refractivity contribution in [3.8, 4) is 0 Å². The van der Waals surface area contributed by atoms with Gasteiger partial charge in [-0.25, -0.2) is 0 Å². The van der Waals surface area contributed by atoms with E-state index in [-0.39, 0.29) is 23.3 Å². The van der Waals surface area contributed by atoms with Gasteiger partial charge in [-0.05, 0) is 47.5 Å². The van der Waals surface area contributed by atoms with E-state index in [1.165, 1.54) is 13.1 Å². The molecule has 0 atom stereocenters. The van der Waals surface area contributed by atoms with Crippen LogP contribution in [0.2, 0.25) is 0 Å². The van der Waals surface area contributed by atoms with E-state index in [4.69, 9.17) is 5.73 Å². The van der Waals surface area contributed by atoms with E-state index in [1.54, 1.807) is 42.5 Å². The van der Waals surface area contributed by atoms with Gasteiger partial charge in [-0.1, -0.05) is 36.4 Å². The fraction of sp³-hybridized carbons (Fsp3) is 0.120. The summed E-state index contributed by atoms with van der Waals surface area (Å²) in [6, 6.07) is 20.1. The second-order valence-electron chi connectivity index (χ2n) is 7.29. The Balaban J connectivity index is 1.53. The molecule has 0 unspecified atom stereocenters. The lowest BCUT2D eigenvalue weighted by molar-refractivity contribution is 0.0940. The predicted octanol–water partition coefficient (Wildman–Crippen LogP) is 2.01. The summed E-state index contributed by atoms with van der Waals surface area (Å²) in [6.07, 6.45) is 0. The Hall–Kier alpha value is -4.46. The Kier molecular flexibility index (Phi) is 7.54. The molecule has 0 bridgehead atoms. The number of hydrogen-bond acceptors (Lipinski definition) is 4. The van der Waals surface area contributed by atoms with Crippen molar-refractivity contribution in [2.45, 2.75) is 13.1 Å². The van der Waals surface area contributed by atoms with E-state index in [9.17, 15) is 19.2 Å². The van der Waals surface area contributed by atoms with Crippen LogP contribution in [0.4, 0.5) is 0 Å². The fourth-order valence-corrected chi connectivity index (χ4v) is 3.10. The molecule has 8 nitrogen and oxygen atoms in total. The average molecular weight is 444 g/mol. The molecule has 3 aromatic rings. The Morgan fingerprint density at radius 3 is 1.45 bits per heavy atom. The van der Waals surface area contributed by atoms with Gasteiger partial charge in [-0.2, -0.15) is 0 Å². The minimum atomic E-state index is -0.591. The van der Waals surface area contributed by atoms with Gasteiger partial charge in [-0.3, -0.25) is 19.2 Å². The van der Waals surface area contributed by atoms with Crippen LogP contribution in [0.15, 0.2) is 72.8 Å². The van der Waals surface area contributed by atoms with E-state index < -0.39 is 5.91 Å². The molecule has 0 spiro atoms. The van der Waals surface area contributed by atoms with Gasteiger partial charge < -0.3 is 21.7 Å². The lowest BCUT2D eigenvalue weighted by Gasteiger charge is -2.09. The van der Waals surface area contributed by atoms with Crippen LogP contribution in [0.3, 0.4) is 0 Å². The minimum absolute atomic E-state index is 0.257. The molecule has 4 amide bonds. The molecule has 0 aliphatic rings. The van der Waals surface area contributed by atoms with Gasteiger partial charge in [-0.15, -0.1) is 0 Å². The Labute approximate surface area is 191 Å². The second kappa shape index (κ2) is 10.7. The van der Waals surface area contributed by atoms with Crippen LogP contribution in [0, 0.1) is 0 Å². The van der Waals surface area contributed by atoms with Gasteiger partial charge >= 0.3 is 0 Å². The first kappa shape index (κ1) is 23.2. The molecular weight excluding hydrogens is 420 g/mol. The Morgan fingerprint density at radius 1 is 0.636 bits per heavy atom. The van der Waals surface area contributed by atoms with Gasteiger partial charge in [0.15, 0.2) is 0 Å². The minimum Gasteiger partial charge on any atom is -0.366 e. The normalized spacial score (nSPS) is 10.2. The van der Waals surface area contributed by atoms with Gasteiger partial charge in [0.2, 0.25) is 5.91 Å². The maximum absolute atomic E-state index is 12.4. The van der Waals surface area contributed by atoms with E-state index in [0.717, 1.165) is 11.1 Å². The largest absolute Gasteiger partial charge is 0.366 e. The first-order chi connectivity index (χ1) is 15.9.